The summed E-state index contributed by atoms with van der Waals surface area (Å²) in [5.41, 5.74) is 0.593. The molecule has 1 aromatic rings. The monoisotopic (exact) mass is 241 g/mol. The fraction of sp³-hybridized carbons (Fsp3) is 0.538. The maximum atomic E-state index is 13.0. The van der Waals surface area contributed by atoms with E-state index in [0.717, 1.165) is 0 Å². The fourth-order valence-corrected chi connectivity index (χ4v) is 1.57. The van der Waals surface area contributed by atoms with Gasteiger partial charge in [0.1, 0.15) is 5.82 Å². The molecule has 96 valence electrons. The highest BCUT2D eigenvalue weighted by Gasteiger charge is 2.12. The molecule has 0 amide bonds. The summed E-state index contributed by atoms with van der Waals surface area (Å²) in [6, 6.07) is 6.07. The highest BCUT2D eigenvalue weighted by molar-refractivity contribution is 5.18. The largest absolute Gasteiger partial charge is 0.395 e. The molecule has 2 N–H and O–H groups in total. The molecule has 0 saturated heterocycles. The number of hydrogen-bond donors (Lipinski definition) is 2. The number of aliphatic hydroxyl groups excluding tert-OH is 2. The summed E-state index contributed by atoms with van der Waals surface area (Å²) >= 11 is 0. The van der Waals surface area contributed by atoms with Crippen molar-refractivity contribution in [2.24, 2.45) is 0 Å². The summed E-state index contributed by atoms with van der Waals surface area (Å²) < 4.78 is 13.0. The minimum atomic E-state index is -0.668. The van der Waals surface area contributed by atoms with Gasteiger partial charge in [0.15, 0.2) is 0 Å². The van der Waals surface area contributed by atoms with Gasteiger partial charge in [-0.1, -0.05) is 12.1 Å². The lowest BCUT2D eigenvalue weighted by Gasteiger charge is -2.24. The van der Waals surface area contributed by atoms with Gasteiger partial charge in [0, 0.05) is 12.6 Å². The van der Waals surface area contributed by atoms with E-state index in [4.69, 9.17) is 5.11 Å². The van der Waals surface area contributed by atoms with E-state index >= 15 is 0 Å². The molecule has 0 fully saturated rings. The van der Waals surface area contributed by atoms with Crippen LogP contribution in [0, 0.1) is 5.82 Å². The summed E-state index contributed by atoms with van der Waals surface area (Å²) in [6.45, 7) is 2.65. The average molecular weight is 241 g/mol. The molecule has 0 aromatic heterocycles. The third-order valence-corrected chi connectivity index (χ3v) is 3.01. The summed E-state index contributed by atoms with van der Waals surface area (Å²) in [4.78, 5) is 1.96. The predicted molar refractivity (Wildman–Crippen MR) is 65.2 cm³/mol. The minimum Gasteiger partial charge on any atom is -0.395 e. The van der Waals surface area contributed by atoms with Crippen LogP contribution in [0.3, 0.4) is 0 Å². The summed E-state index contributed by atoms with van der Waals surface area (Å²) in [6.07, 6.45) is -0.149. The number of likely N-dealkylation sites (N-methyl/N-ethyl adjacent to an activating group) is 1. The van der Waals surface area contributed by atoms with Gasteiger partial charge in [-0.05, 0) is 38.1 Å². The Kier molecular flexibility index (Phi) is 5.55. The zero-order valence-electron chi connectivity index (χ0n) is 10.3. The molecule has 0 heterocycles. The van der Waals surface area contributed by atoms with Crippen molar-refractivity contribution < 1.29 is 14.6 Å². The van der Waals surface area contributed by atoms with Crippen LogP contribution < -0.4 is 0 Å². The first-order valence-electron chi connectivity index (χ1n) is 5.79. The zero-order valence-corrected chi connectivity index (χ0v) is 10.3. The Morgan fingerprint density at radius 2 is 2.12 bits per heavy atom. The van der Waals surface area contributed by atoms with E-state index < -0.39 is 6.10 Å². The number of aliphatic hydroxyl groups is 2. The Balaban J connectivity index is 2.47. The summed E-state index contributed by atoms with van der Waals surface area (Å²) in [5, 5.41) is 18.9. The molecular weight excluding hydrogens is 221 g/mol. The van der Waals surface area contributed by atoms with Crippen LogP contribution in [0.15, 0.2) is 24.3 Å². The van der Waals surface area contributed by atoms with Crippen LogP contribution >= 0.6 is 0 Å². The Hall–Kier alpha value is -0.970. The normalized spacial score (nSPS) is 14.9. The Bertz CT molecular complexity index is 346. The van der Waals surface area contributed by atoms with Gasteiger partial charge in [-0.2, -0.15) is 0 Å². The van der Waals surface area contributed by atoms with Gasteiger partial charge in [-0.3, -0.25) is 0 Å². The number of benzene rings is 1. The van der Waals surface area contributed by atoms with Gasteiger partial charge in [-0.25, -0.2) is 4.39 Å². The molecule has 0 aliphatic rings. The molecule has 0 aliphatic carbocycles. The van der Waals surface area contributed by atoms with Crippen LogP contribution in [0.25, 0.3) is 0 Å². The minimum absolute atomic E-state index is 0.0645. The Morgan fingerprint density at radius 1 is 1.41 bits per heavy atom. The smallest absolute Gasteiger partial charge is 0.123 e. The number of hydrogen-bond acceptors (Lipinski definition) is 3. The fourth-order valence-electron chi connectivity index (χ4n) is 1.57. The molecular formula is C13H20FNO2. The lowest BCUT2D eigenvalue weighted by Crippen LogP contribution is -2.33. The lowest BCUT2D eigenvalue weighted by atomic mass is 10.1. The molecule has 1 aromatic carbocycles. The molecule has 2 unspecified atom stereocenters. The van der Waals surface area contributed by atoms with Crippen LogP contribution in [0.4, 0.5) is 4.39 Å². The van der Waals surface area contributed by atoms with Gasteiger partial charge in [0.05, 0.1) is 12.7 Å². The molecule has 1 rings (SSSR count). The maximum Gasteiger partial charge on any atom is 0.123 e. The van der Waals surface area contributed by atoms with Crippen molar-refractivity contribution in [3.63, 3.8) is 0 Å². The summed E-state index contributed by atoms with van der Waals surface area (Å²) in [7, 11) is 1.89. The molecule has 3 nitrogen and oxygen atoms in total. The molecule has 4 heteroatoms. The van der Waals surface area contributed by atoms with Gasteiger partial charge >= 0.3 is 0 Å². The van der Waals surface area contributed by atoms with Gasteiger partial charge < -0.3 is 15.1 Å². The first kappa shape index (κ1) is 14.1. The van der Waals surface area contributed by atoms with Crippen molar-refractivity contribution in [1.29, 1.82) is 0 Å². The SMILES string of the molecule is CC(CO)N(C)CCC(O)c1cccc(F)c1. The van der Waals surface area contributed by atoms with Crippen LogP contribution in [0.5, 0.6) is 0 Å². The van der Waals surface area contributed by atoms with Crippen LogP contribution in [-0.4, -0.2) is 41.4 Å². The quantitative estimate of drug-likeness (QED) is 0.794. The third kappa shape index (κ3) is 4.42. The molecule has 2 atom stereocenters. The highest BCUT2D eigenvalue weighted by Crippen LogP contribution is 2.17. The molecule has 0 aliphatic heterocycles. The van der Waals surface area contributed by atoms with Crippen LogP contribution in [0.1, 0.15) is 25.0 Å². The molecule has 0 radical (unpaired) electrons. The van der Waals surface area contributed by atoms with E-state index in [0.29, 0.717) is 18.5 Å². The second-order valence-electron chi connectivity index (χ2n) is 4.37. The van der Waals surface area contributed by atoms with E-state index in [1.54, 1.807) is 12.1 Å². The van der Waals surface area contributed by atoms with Crippen molar-refractivity contribution in [3.8, 4) is 0 Å². The lowest BCUT2D eigenvalue weighted by molar-refractivity contribution is 0.117. The van der Waals surface area contributed by atoms with Crippen molar-refractivity contribution in [2.45, 2.75) is 25.5 Å². The maximum absolute atomic E-state index is 13.0. The van der Waals surface area contributed by atoms with Crippen LogP contribution in [-0.2, 0) is 0 Å². The van der Waals surface area contributed by atoms with E-state index in [2.05, 4.69) is 0 Å². The Labute approximate surface area is 101 Å². The van der Waals surface area contributed by atoms with Gasteiger partial charge in [0.25, 0.3) is 0 Å². The van der Waals surface area contributed by atoms with E-state index in [9.17, 15) is 9.50 Å². The zero-order chi connectivity index (χ0) is 12.8. The van der Waals surface area contributed by atoms with E-state index in [-0.39, 0.29) is 18.5 Å². The molecule has 0 saturated carbocycles. The first-order valence-corrected chi connectivity index (χ1v) is 5.79. The topological polar surface area (TPSA) is 43.7 Å². The second kappa shape index (κ2) is 6.69. The predicted octanol–water partition coefficient (Wildman–Crippen LogP) is 1.56. The van der Waals surface area contributed by atoms with Crippen LogP contribution in [0.2, 0.25) is 0 Å². The van der Waals surface area contributed by atoms with Gasteiger partial charge in [-0.15, -0.1) is 0 Å². The highest BCUT2D eigenvalue weighted by atomic mass is 19.1. The molecule has 0 spiro atoms. The standard InChI is InChI=1S/C13H20FNO2/c1-10(9-16)15(2)7-6-13(17)11-4-3-5-12(14)8-11/h3-5,8,10,13,16-17H,6-7,9H2,1-2H3. The van der Waals surface area contributed by atoms with Crippen molar-refractivity contribution >= 4 is 0 Å². The van der Waals surface area contributed by atoms with Crippen molar-refractivity contribution in [1.82, 2.24) is 4.90 Å². The first-order chi connectivity index (χ1) is 8.04. The Morgan fingerprint density at radius 3 is 2.71 bits per heavy atom. The number of rotatable bonds is 6. The van der Waals surface area contributed by atoms with E-state index in [1.165, 1.54) is 12.1 Å². The average Bonchev–Trinajstić information content (AvgIpc) is 2.34. The van der Waals surface area contributed by atoms with Crippen molar-refractivity contribution in [3.05, 3.63) is 35.6 Å². The summed E-state index contributed by atoms with van der Waals surface area (Å²) in [5.74, 6) is -0.335. The van der Waals surface area contributed by atoms with Gasteiger partial charge in [0.2, 0.25) is 0 Å². The van der Waals surface area contributed by atoms with Crippen molar-refractivity contribution in [2.75, 3.05) is 20.2 Å². The second-order valence-corrected chi connectivity index (χ2v) is 4.37. The third-order valence-electron chi connectivity index (χ3n) is 3.01. The molecule has 0 bridgehead atoms. The number of nitrogens with zero attached hydrogens (tertiary/aromatic N) is 1. The van der Waals surface area contributed by atoms with E-state index in [1.807, 2.05) is 18.9 Å². The number of halogens is 1. The molecule has 17 heavy (non-hydrogen) atoms.